The molecule has 0 spiro atoms. The number of aromatic nitrogens is 6. The molecule has 0 aliphatic rings. The summed E-state index contributed by atoms with van der Waals surface area (Å²) in [4.78, 5) is 30.4. The molecule has 2 atom stereocenters. The van der Waals surface area contributed by atoms with Crippen LogP contribution in [0.15, 0.2) is 66.7 Å². The van der Waals surface area contributed by atoms with E-state index in [-0.39, 0.29) is 11.7 Å². The molecule has 0 saturated carbocycles. The van der Waals surface area contributed by atoms with Gasteiger partial charge in [0.1, 0.15) is 6.10 Å². The van der Waals surface area contributed by atoms with Crippen LogP contribution in [0.3, 0.4) is 0 Å². The molecular formula is C36H44N6O6. The zero-order valence-electron chi connectivity index (χ0n) is 28.4. The Hall–Kier alpha value is -5.26. The molecule has 3 aromatic carbocycles. The number of carbonyl (C=O) groups is 2. The molecule has 5 aromatic rings. The van der Waals surface area contributed by atoms with Crippen molar-refractivity contribution in [2.75, 3.05) is 7.11 Å². The number of aromatic amines is 1. The summed E-state index contributed by atoms with van der Waals surface area (Å²) in [5, 5.41) is 14.4. The maximum absolute atomic E-state index is 13.4. The Morgan fingerprint density at radius 1 is 0.875 bits per heavy atom. The van der Waals surface area contributed by atoms with E-state index in [1.165, 1.54) is 14.0 Å². The molecular weight excluding hydrogens is 612 g/mol. The summed E-state index contributed by atoms with van der Waals surface area (Å²) in [5.74, 6) is -0.155. The van der Waals surface area contributed by atoms with Gasteiger partial charge in [-0.25, -0.2) is 9.59 Å². The summed E-state index contributed by atoms with van der Waals surface area (Å²) in [5.41, 5.74) is 5.11. The molecule has 0 amide bonds. The number of hydrogen-bond donors (Lipinski definition) is 1. The predicted octanol–water partition coefficient (Wildman–Crippen LogP) is 7.98. The number of rotatable bonds is 14. The summed E-state index contributed by atoms with van der Waals surface area (Å²) in [6.45, 7) is 9.97. The van der Waals surface area contributed by atoms with Crippen molar-refractivity contribution in [3.8, 4) is 28.5 Å². The van der Waals surface area contributed by atoms with Gasteiger partial charge in [0.15, 0.2) is 0 Å². The average molecular weight is 657 g/mol. The Labute approximate surface area is 280 Å². The van der Waals surface area contributed by atoms with Gasteiger partial charge in [0, 0.05) is 12.5 Å². The number of ether oxygens (including phenoxy) is 4. The molecule has 0 radical (unpaired) electrons. The Morgan fingerprint density at radius 2 is 1.62 bits per heavy atom. The van der Waals surface area contributed by atoms with Crippen LogP contribution in [0.2, 0.25) is 0 Å². The summed E-state index contributed by atoms with van der Waals surface area (Å²) >= 11 is 0. The number of methoxy groups -OCH3 is 1. The smallest absolute Gasteiger partial charge is 0.468 e. The maximum atomic E-state index is 13.4. The molecule has 0 aliphatic carbocycles. The molecule has 2 aromatic heterocycles. The van der Waals surface area contributed by atoms with Gasteiger partial charge < -0.3 is 18.9 Å². The van der Waals surface area contributed by atoms with Crippen molar-refractivity contribution in [2.45, 2.75) is 85.7 Å². The van der Waals surface area contributed by atoms with Gasteiger partial charge >= 0.3 is 12.1 Å². The molecule has 2 heterocycles. The van der Waals surface area contributed by atoms with Crippen LogP contribution in [0.1, 0.15) is 82.6 Å². The third kappa shape index (κ3) is 8.75. The fourth-order valence-corrected chi connectivity index (χ4v) is 5.36. The normalized spacial score (nSPS) is 12.0. The Bertz CT molecular complexity index is 1750. The first-order valence-electron chi connectivity index (χ1n) is 16.4. The monoisotopic (exact) mass is 656 g/mol. The van der Waals surface area contributed by atoms with E-state index in [0.29, 0.717) is 29.4 Å². The van der Waals surface area contributed by atoms with Gasteiger partial charge in [0.2, 0.25) is 12.1 Å². The zero-order chi connectivity index (χ0) is 34.5. The molecule has 254 valence electrons. The average Bonchev–Trinajstić information content (AvgIpc) is 3.77. The van der Waals surface area contributed by atoms with Crippen molar-refractivity contribution in [3.63, 3.8) is 0 Å². The second-order valence-electron chi connectivity index (χ2n) is 10.8. The molecule has 12 heteroatoms. The van der Waals surface area contributed by atoms with E-state index in [4.69, 9.17) is 18.9 Å². The number of para-hydroxylation sites is 1. The van der Waals surface area contributed by atoms with Gasteiger partial charge in [0.25, 0.3) is 6.01 Å². The lowest BCUT2D eigenvalue weighted by Crippen LogP contribution is -2.26. The number of nitrogens with zero attached hydrogens (tertiary/aromatic N) is 5. The van der Waals surface area contributed by atoms with E-state index in [1.54, 1.807) is 18.2 Å². The Morgan fingerprint density at radius 3 is 2.29 bits per heavy atom. The number of imidazole rings is 1. The van der Waals surface area contributed by atoms with Crippen molar-refractivity contribution in [3.05, 3.63) is 77.9 Å². The van der Waals surface area contributed by atoms with Crippen LogP contribution in [0.25, 0.3) is 33.5 Å². The highest BCUT2D eigenvalue weighted by atomic mass is 16.8. The lowest BCUT2D eigenvalue weighted by Gasteiger charge is -2.19. The van der Waals surface area contributed by atoms with Crippen molar-refractivity contribution in [1.82, 2.24) is 30.2 Å². The Balaban J connectivity index is 0.00000255. The quantitative estimate of drug-likeness (QED) is 0.0923. The van der Waals surface area contributed by atoms with E-state index >= 15 is 0 Å². The van der Waals surface area contributed by atoms with Crippen molar-refractivity contribution in [2.24, 2.45) is 0 Å². The number of benzene rings is 3. The second-order valence-corrected chi connectivity index (χ2v) is 10.8. The zero-order valence-corrected chi connectivity index (χ0v) is 28.4. The molecule has 48 heavy (non-hydrogen) atoms. The van der Waals surface area contributed by atoms with Gasteiger partial charge in [-0.2, -0.15) is 10.2 Å². The van der Waals surface area contributed by atoms with Gasteiger partial charge in [-0.15, -0.1) is 10.2 Å². The molecule has 0 aliphatic heterocycles. The van der Waals surface area contributed by atoms with Crippen molar-refractivity contribution >= 4 is 23.2 Å². The minimum atomic E-state index is -1.16. The van der Waals surface area contributed by atoms with Gasteiger partial charge in [-0.05, 0) is 46.9 Å². The highest BCUT2D eigenvalue weighted by Crippen LogP contribution is 2.31. The minimum Gasteiger partial charge on any atom is -0.468 e. The number of nitrogens with one attached hydrogen (secondary N) is 1. The molecule has 1 N–H and O–H groups in total. The van der Waals surface area contributed by atoms with E-state index < -0.39 is 18.4 Å². The topological polar surface area (TPSA) is 143 Å². The highest BCUT2D eigenvalue weighted by molar-refractivity contribution is 6.02. The fourth-order valence-electron chi connectivity index (χ4n) is 5.36. The summed E-state index contributed by atoms with van der Waals surface area (Å²) in [6.07, 6.45) is 2.08. The van der Waals surface area contributed by atoms with Gasteiger partial charge in [-0.1, -0.05) is 102 Å². The van der Waals surface area contributed by atoms with Crippen LogP contribution < -0.4 is 4.74 Å². The van der Waals surface area contributed by atoms with Crippen LogP contribution in [0, 0.1) is 0 Å². The molecule has 2 unspecified atom stereocenters. The van der Waals surface area contributed by atoms with E-state index in [9.17, 15) is 9.59 Å². The fraction of sp³-hybridized carbons (Fsp3) is 0.389. The molecule has 12 nitrogen and oxygen atoms in total. The number of fused-ring (bicyclic) bond motifs is 1. The number of tetrazole rings is 1. The third-order valence-corrected chi connectivity index (χ3v) is 7.54. The van der Waals surface area contributed by atoms with E-state index in [0.717, 1.165) is 54.4 Å². The van der Waals surface area contributed by atoms with Crippen molar-refractivity contribution < 1.29 is 28.5 Å². The Kier molecular flexibility index (Phi) is 13.1. The first-order valence-corrected chi connectivity index (χ1v) is 16.4. The molecule has 0 saturated heterocycles. The van der Waals surface area contributed by atoms with Crippen LogP contribution in [0.5, 0.6) is 6.01 Å². The predicted molar refractivity (Wildman–Crippen MR) is 182 cm³/mol. The minimum absolute atomic E-state index is 0.231. The number of H-pyrrole nitrogens is 1. The van der Waals surface area contributed by atoms with Crippen LogP contribution >= 0.6 is 0 Å². The number of carbonyl (C=O) groups excluding carboxylic acids is 2. The summed E-state index contributed by atoms with van der Waals surface area (Å²) in [6, 6.07) is 21.4. The standard InChI is InChI=1S/C34H38N6O6.C2H6/c1-5-7-12-25(11-6-2)46-34(42)45-22(3)44-32(41)28-15-10-16-29-30(28)40(33(35-29)43-4)21-23-17-19-24(20-18-23)26-13-8-9-14-27(26)31-36-38-39-37-31;1-2/h8-10,13-20,22,25H,5-7,11-12,21H2,1-4H3,(H,36,37,38,39);1-2H3. The maximum Gasteiger partial charge on any atom is 0.511 e. The number of esters is 1. The molecule has 5 rings (SSSR count). The van der Waals surface area contributed by atoms with Crippen LogP contribution in [0.4, 0.5) is 4.79 Å². The lowest BCUT2D eigenvalue weighted by molar-refractivity contribution is -0.0903. The summed E-state index contributed by atoms with van der Waals surface area (Å²) < 4.78 is 23.7. The first kappa shape index (κ1) is 35.6. The lowest BCUT2D eigenvalue weighted by atomic mass is 9.98. The van der Waals surface area contributed by atoms with Crippen molar-refractivity contribution in [1.29, 1.82) is 0 Å². The van der Waals surface area contributed by atoms with Gasteiger partial charge in [-0.3, -0.25) is 4.57 Å². The van der Waals surface area contributed by atoms with E-state index in [1.807, 2.05) is 73.9 Å². The van der Waals surface area contributed by atoms with Crippen LogP contribution in [-0.4, -0.2) is 61.8 Å². The molecule has 0 fully saturated rings. The van der Waals surface area contributed by atoms with E-state index in [2.05, 4.69) is 32.5 Å². The highest BCUT2D eigenvalue weighted by Gasteiger charge is 2.24. The van der Waals surface area contributed by atoms with Gasteiger partial charge in [0.05, 0.1) is 30.3 Å². The number of unbranched alkanes of at least 4 members (excludes halogenated alkanes) is 1. The largest absolute Gasteiger partial charge is 0.511 e. The second kappa shape index (κ2) is 17.6. The first-order chi connectivity index (χ1) is 23.4. The number of hydrogen-bond acceptors (Lipinski definition) is 10. The third-order valence-electron chi connectivity index (χ3n) is 7.54. The SMILES string of the molecule is CC.CCCCC(CCC)OC(=O)OC(C)OC(=O)c1cccc2nc(OC)n(Cc3ccc(-c4ccccc4-c4nn[nH]n4)cc3)c12. The van der Waals surface area contributed by atoms with Crippen LogP contribution in [-0.2, 0) is 20.8 Å². The molecule has 0 bridgehead atoms. The summed E-state index contributed by atoms with van der Waals surface area (Å²) in [7, 11) is 1.53.